The second-order valence-electron chi connectivity index (χ2n) is 4.22. The average Bonchev–Trinajstić information content (AvgIpc) is 2.36. The SMILES string of the molecule is C=CCNC(=O)NC(=O)CN1CCCCC1C=O. The molecule has 1 saturated heterocycles. The van der Waals surface area contributed by atoms with E-state index in [9.17, 15) is 14.4 Å². The van der Waals surface area contributed by atoms with Crippen LogP contribution in [-0.4, -0.2) is 48.8 Å². The van der Waals surface area contributed by atoms with Gasteiger partial charge in [0.05, 0.1) is 12.6 Å². The number of nitrogens with one attached hydrogen (secondary N) is 2. The monoisotopic (exact) mass is 253 g/mol. The zero-order chi connectivity index (χ0) is 13.4. The number of rotatable bonds is 5. The molecule has 0 saturated carbocycles. The summed E-state index contributed by atoms with van der Waals surface area (Å²) in [5, 5.41) is 4.66. The van der Waals surface area contributed by atoms with Gasteiger partial charge in [-0.05, 0) is 19.4 Å². The molecular formula is C12H19N3O3. The summed E-state index contributed by atoms with van der Waals surface area (Å²) >= 11 is 0. The molecule has 0 aromatic carbocycles. The largest absolute Gasteiger partial charge is 0.334 e. The highest BCUT2D eigenvalue weighted by atomic mass is 16.2. The third kappa shape index (κ3) is 4.67. The molecule has 0 aromatic rings. The van der Waals surface area contributed by atoms with Gasteiger partial charge in [0.15, 0.2) is 0 Å². The third-order valence-corrected chi connectivity index (χ3v) is 2.83. The van der Waals surface area contributed by atoms with Crippen molar-refractivity contribution in [2.75, 3.05) is 19.6 Å². The summed E-state index contributed by atoms with van der Waals surface area (Å²) in [6.07, 6.45) is 5.14. The number of aldehydes is 1. The van der Waals surface area contributed by atoms with Crippen LogP contribution in [0.15, 0.2) is 12.7 Å². The second kappa shape index (κ2) is 7.60. The Morgan fingerprint density at radius 3 is 2.83 bits per heavy atom. The van der Waals surface area contributed by atoms with Gasteiger partial charge in [0.25, 0.3) is 0 Å². The van der Waals surface area contributed by atoms with Gasteiger partial charge in [-0.25, -0.2) is 4.79 Å². The summed E-state index contributed by atoms with van der Waals surface area (Å²) in [7, 11) is 0. The fraction of sp³-hybridized carbons (Fsp3) is 0.583. The van der Waals surface area contributed by atoms with E-state index < -0.39 is 11.9 Å². The van der Waals surface area contributed by atoms with E-state index in [-0.39, 0.29) is 12.6 Å². The first-order valence-corrected chi connectivity index (χ1v) is 6.05. The van der Waals surface area contributed by atoms with Crippen molar-refractivity contribution in [3.05, 3.63) is 12.7 Å². The Labute approximate surface area is 106 Å². The van der Waals surface area contributed by atoms with Gasteiger partial charge in [0.2, 0.25) is 5.91 Å². The number of hydrogen-bond acceptors (Lipinski definition) is 4. The lowest BCUT2D eigenvalue weighted by Crippen LogP contribution is -2.49. The van der Waals surface area contributed by atoms with Crippen molar-refractivity contribution in [2.45, 2.75) is 25.3 Å². The molecule has 1 unspecified atom stereocenters. The Bertz CT molecular complexity index is 331. The van der Waals surface area contributed by atoms with Crippen LogP contribution in [-0.2, 0) is 9.59 Å². The Morgan fingerprint density at radius 1 is 1.39 bits per heavy atom. The quantitative estimate of drug-likeness (QED) is 0.536. The molecule has 1 heterocycles. The van der Waals surface area contributed by atoms with Gasteiger partial charge in [0.1, 0.15) is 6.29 Å². The number of piperidine rings is 1. The number of nitrogens with zero attached hydrogens (tertiary/aromatic N) is 1. The highest BCUT2D eigenvalue weighted by molar-refractivity contribution is 5.95. The highest BCUT2D eigenvalue weighted by Crippen LogP contribution is 2.14. The van der Waals surface area contributed by atoms with Crippen molar-refractivity contribution in [3.63, 3.8) is 0 Å². The first kappa shape index (κ1) is 14.4. The van der Waals surface area contributed by atoms with E-state index in [1.54, 1.807) is 4.90 Å². The summed E-state index contributed by atoms with van der Waals surface area (Å²) < 4.78 is 0. The molecule has 3 amide bonds. The van der Waals surface area contributed by atoms with Crippen LogP contribution in [0.3, 0.4) is 0 Å². The normalized spacial score (nSPS) is 19.9. The molecule has 1 atom stereocenters. The minimum Gasteiger partial charge on any atom is -0.334 e. The van der Waals surface area contributed by atoms with Crippen molar-refractivity contribution >= 4 is 18.2 Å². The van der Waals surface area contributed by atoms with Crippen molar-refractivity contribution in [3.8, 4) is 0 Å². The van der Waals surface area contributed by atoms with Crippen molar-refractivity contribution < 1.29 is 14.4 Å². The Hall–Kier alpha value is -1.69. The molecule has 1 fully saturated rings. The van der Waals surface area contributed by atoms with Gasteiger partial charge in [-0.3, -0.25) is 15.0 Å². The lowest BCUT2D eigenvalue weighted by atomic mass is 10.0. The van der Waals surface area contributed by atoms with E-state index in [4.69, 9.17) is 0 Å². The zero-order valence-corrected chi connectivity index (χ0v) is 10.4. The summed E-state index contributed by atoms with van der Waals surface area (Å²) in [5.74, 6) is -0.398. The molecule has 0 radical (unpaired) electrons. The number of carbonyl (C=O) groups excluding carboxylic acids is 3. The average molecular weight is 253 g/mol. The Kier molecular flexibility index (Phi) is 6.07. The fourth-order valence-corrected chi connectivity index (χ4v) is 1.93. The van der Waals surface area contributed by atoms with E-state index in [1.165, 1.54) is 6.08 Å². The maximum absolute atomic E-state index is 11.6. The van der Waals surface area contributed by atoms with Crippen LogP contribution in [0.25, 0.3) is 0 Å². The van der Waals surface area contributed by atoms with Crippen molar-refractivity contribution in [2.24, 2.45) is 0 Å². The van der Waals surface area contributed by atoms with Crippen LogP contribution in [0.5, 0.6) is 0 Å². The van der Waals surface area contributed by atoms with Gasteiger partial charge >= 0.3 is 6.03 Å². The lowest BCUT2D eigenvalue weighted by Gasteiger charge is -2.31. The first-order valence-electron chi connectivity index (χ1n) is 6.05. The summed E-state index contributed by atoms with van der Waals surface area (Å²) in [5.41, 5.74) is 0. The molecule has 6 nitrogen and oxygen atoms in total. The van der Waals surface area contributed by atoms with E-state index >= 15 is 0 Å². The van der Waals surface area contributed by atoms with Crippen LogP contribution in [0, 0.1) is 0 Å². The first-order chi connectivity index (χ1) is 8.67. The van der Waals surface area contributed by atoms with Gasteiger partial charge in [-0.2, -0.15) is 0 Å². The van der Waals surface area contributed by atoms with Crippen LogP contribution in [0.2, 0.25) is 0 Å². The molecule has 0 spiro atoms. The molecule has 1 aliphatic heterocycles. The Balaban J connectivity index is 2.36. The number of urea groups is 1. The number of amides is 3. The predicted molar refractivity (Wildman–Crippen MR) is 67.0 cm³/mol. The minimum absolute atomic E-state index is 0.0743. The molecule has 0 aromatic heterocycles. The predicted octanol–water partition coefficient (Wildman–Crippen LogP) is 0.0516. The number of carbonyl (C=O) groups is 3. The molecule has 18 heavy (non-hydrogen) atoms. The molecule has 100 valence electrons. The summed E-state index contributed by atoms with van der Waals surface area (Å²) in [4.78, 5) is 35.5. The van der Waals surface area contributed by atoms with Crippen LogP contribution in [0.4, 0.5) is 4.79 Å². The number of likely N-dealkylation sites (tertiary alicyclic amines) is 1. The van der Waals surface area contributed by atoms with Crippen molar-refractivity contribution in [1.82, 2.24) is 15.5 Å². The maximum atomic E-state index is 11.6. The second-order valence-corrected chi connectivity index (χ2v) is 4.22. The van der Waals surface area contributed by atoms with E-state index in [2.05, 4.69) is 17.2 Å². The minimum atomic E-state index is -0.542. The van der Waals surface area contributed by atoms with Gasteiger partial charge < -0.3 is 10.1 Å². The molecule has 0 bridgehead atoms. The lowest BCUT2D eigenvalue weighted by molar-refractivity contribution is -0.123. The molecule has 1 rings (SSSR count). The van der Waals surface area contributed by atoms with E-state index in [0.717, 1.165) is 25.5 Å². The van der Waals surface area contributed by atoms with Gasteiger partial charge in [-0.15, -0.1) is 6.58 Å². The summed E-state index contributed by atoms with van der Waals surface area (Å²) in [6, 6.07) is -0.750. The van der Waals surface area contributed by atoms with Crippen LogP contribution < -0.4 is 10.6 Å². The smallest absolute Gasteiger partial charge is 0.321 e. The number of hydrogen-bond donors (Lipinski definition) is 2. The van der Waals surface area contributed by atoms with E-state index in [1.807, 2.05) is 0 Å². The van der Waals surface area contributed by atoms with Gasteiger partial charge in [-0.1, -0.05) is 12.5 Å². The topological polar surface area (TPSA) is 78.5 Å². The van der Waals surface area contributed by atoms with Crippen LogP contribution in [0.1, 0.15) is 19.3 Å². The molecule has 1 aliphatic rings. The maximum Gasteiger partial charge on any atom is 0.321 e. The third-order valence-electron chi connectivity index (χ3n) is 2.83. The fourth-order valence-electron chi connectivity index (χ4n) is 1.93. The van der Waals surface area contributed by atoms with Crippen molar-refractivity contribution in [1.29, 1.82) is 0 Å². The van der Waals surface area contributed by atoms with Gasteiger partial charge in [0, 0.05) is 6.54 Å². The molecule has 0 aliphatic carbocycles. The zero-order valence-electron chi connectivity index (χ0n) is 10.4. The van der Waals surface area contributed by atoms with E-state index in [0.29, 0.717) is 13.1 Å². The summed E-state index contributed by atoms with van der Waals surface area (Å²) in [6.45, 7) is 4.54. The Morgan fingerprint density at radius 2 is 2.17 bits per heavy atom. The molecular weight excluding hydrogens is 234 g/mol. The molecule has 2 N–H and O–H groups in total. The number of imide groups is 1. The standard InChI is InChI=1S/C12H19N3O3/c1-2-6-13-12(18)14-11(17)8-15-7-4-3-5-10(15)9-16/h2,9-10H,1,3-8H2,(H2,13,14,17,18). The molecule has 6 heteroatoms. The van der Waals surface area contributed by atoms with Crippen LogP contribution >= 0.6 is 0 Å². The highest BCUT2D eigenvalue weighted by Gasteiger charge is 2.24.